The molecule has 1 aromatic rings. The highest BCUT2D eigenvalue weighted by Gasteiger charge is 2.19. The fourth-order valence-corrected chi connectivity index (χ4v) is 3.23. The van der Waals surface area contributed by atoms with Gasteiger partial charge in [-0.15, -0.1) is 0 Å². The van der Waals surface area contributed by atoms with Crippen molar-refractivity contribution < 1.29 is 0 Å². The lowest BCUT2D eigenvalue weighted by atomic mass is 10.1. The highest BCUT2D eigenvalue weighted by atomic mass is 15.2. The maximum absolute atomic E-state index is 4.80. The molecule has 2 rings (SSSR count). The summed E-state index contributed by atoms with van der Waals surface area (Å²) < 4.78 is 0. The summed E-state index contributed by atoms with van der Waals surface area (Å²) in [5.41, 5.74) is 2.45. The minimum absolute atomic E-state index is 0.527. The van der Waals surface area contributed by atoms with Crippen molar-refractivity contribution in [2.75, 3.05) is 45.2 Å². The summed E-state index contributed by atoms with van der Waals surface area (Å²) in [6.07, 6.45) is 3.63. The van der Waals surface area contributed by atoms with Gasteiger partial charge in [-0.2, -0.15) is 0 Å². The molecule has 140 valence electrons. The number of hydrogen-bond donors (Lipinski definition) is 2. The van der Waals surface area contributed by atoms with Crippen LogP contribution in [0.15, 0.2) is 29.3 Å². The molecule has 0 spiro atoms. The van der Waals surface area contributed by atoms with E-state index in [9.17, 15) is 0 Å². The van der Waals surface area contributed by atoms with Gasteiger partial charge in [0.25, 0.3) is 0 Å². The maximum Gasteiger partial charge on any atom is 0.191 e. The Kier molecular flexibility index (Phi) is 8.06. The van der Waals surface area contributed by atoms with Crippen LogP contribution in [0.4, 0.5) is 5.69 Å². The number of rotatable bonds is 7. The van der Waals surface area contributed by atoms with E-state index in [0.717, 1.165) is 12.5 Å². The van der Waals surface area contributed by atoms with E-state index in [1.807, 2.05) is 0 Å². The van der Waals surface area contributed by atoms with Crippen molar-refractivity contribution in [2.24, 2.45) is 4.99 Å². The predicted molar refractivity (Wildman–Crippen MR) is 108 cm³/mol. The van der Waals surface area contributed by atoms with Gasteiger partial charge in [0.1, 0.15) is 0 Å². The van der Waals surface area contributed by atoms with E-state index < -0.39 is 0 Å². The molecule has 25 heavy (non-hydrogen) atoms. The largest absolute Gasteiger partial charge is 0.378 e. The third kappa shape index (κ3) is 6.58. The minimum atomic E-state index is 0.527. The van der Waals surface area contributed by atoms with Gasteiger partial charge in [0, 0.05) is 45.5 Å². The molecule has 0 aliphatic carbocycles. The second-order valence-electron chi connectivity index (χ2n) is 7.02. The first kappa shape index (κ1) is 19.6. The molecule has 5 nitrogen and oxygen atoms in total. The molecule has 2 N–H and O–H groups in total. The van der Waals surface area contributed by atoms with Gasteiger partial charge in [0.2, 0.25) is 0 Å². The Morgan fingerprint density at radius 3 is 2.64 bits per heavy atom. The Morgan fingerprint density at radius 1 is 1.24 bits per heavy atom. The van der Waals surface area contributed by atoms with E-state index in [-0.39, 0.29) is 0 Å². The summed E-state index contributed by atoms with van der Waals surface area (Å²) in [6, 6.07) is 9.10. The Morgan fingerprint density at radius 2 is 2.00 bits per heavy atom. The van der Waals surface area contributed by atoms with Crippen molar-refractivity contribution in [3.05, 3.63) is 29.8 Å². The Labute approximate surface area is 153 Å². The van der Waals surface area contributed by atoms with Crippen molar-refractivity contribution >= 4 is 11.6 Å². The van der Waals surface area contributed by atoms with Crippen LogP contribution in [0.5, 0.6) is 0 Å². The smallest absolute Gasteiger partial charge is 0.191 e. The van der Waals surface area contributed by atoms with Crippen LogP contribution in [0, 0.1) is 0 Å². The molecule has 1 fully saturated rings. The van der Waals surface area contributed by atoms with Gasteiger partial charge in [0.15, 0.2) is 5.96 Å². The first-order valence-corrected chi connectivity index (χ1v) is 9.65. The molecule has 1 saturated heterocycles. The van der Waals surface area contributed by atoms with Crippen LogP contribution in [0.1, 0.15) is 38.7 Å². The van der Waals surface area contributed by atoms with Gasteiger partial charge in [0.05, 0.1) is 6.54 Å². The molecule has 0 bridgehead atoms. The van der Waals surface area contributed by atoms with Gasteiger partial charge in [-0.25, -0.2) is 4.99 Å². The average Bonchev–Trinajstić information content (AvgIpc) is 2.62. The van der Waals surface area contributed by atoms with Crippen LogP contribution in [-0.2, 0) is 6.54 Å². The van der Waals surface area contributed by atoms with Crippen LogP contribution in [0.2, 0.25) is 0 Å². The number of anilines is 1. The Hall–Kier alpha value is -1.75. The second kappa shape index (κ2) is 10.3. The van der Waals surface area contributed by atoms with Gasteiger partial charge >= 0.3 is 0 Å². The summed E-state index contributed by atoms with van der Waals surface area (Å²) in [6.45, 7) is 9.57. The summed E-state index contributed by atoms with van der Waals surface area (Å²) in [4.78, 5) is 9.49. The molecule has 1 aromatic carbocycles. The zero-order valence-corrected chi connectivity index (χ0v) is 16.4. The van der Waals surface area contributed by atoms with Crippen molar-refractivity contribution in [1.82, 2.24) is 15.5 Å². The lowest BCUT2D eigenvalue weighted by Crippen LogP contribution is -2.48. The lowest BCUT2D eigenvalue weighted by Gasteiger charge is -2.32. The fourth-order valence-electron chi connectivity index (χ4n) is 3.23. The first-order valence-electron chi connectivity index (χ1n) is 9.65. The minimum Gasteiger partial charge on any atom is -0.378 e. The molecular formula is C20H35N5. The summed E-state index contributed by atoms with van der Waals surface area (Å²) >= 11 is 0. The third-order valence-electron chi connectivity index (χ3n) is 4.66. The summed E-state index contributed by atoms with van der Waals surface area (Å²) in [5, 5.41) is 7.02. The van der Waals surface area contributed by atoms with Gasteiger partial charge in [-0.05, 0) is 50.4 Å². The SMILES string of the molecule is CCCN1CCC(NC(=NCc2cccc(N(C)C)c2)NCC)CC1. The number of aliphatic imine (C=N–C) groups is 1. The maximum atomic E-state index is 4.80. The van der Waals surface area contributed by atoms with Crippen LogP contribution in [0.25, 0.3) is 0 Å². The Balaban J connectivity index is 1.91. The monoisotopic (exact) mass is 345 g/mol. The molecule has 5 heteroatoms. The van der Waals surface area contributed by atoms with Crippen molar-refractivity contribution in [3.63, 3.8) is 0 Å². The van der Waals surface area contributed by atoms with Crippen LogP contribution >= 0.6 is 0 Å². The number of benzene rings is 1. The van der Waals surface area contributed by atoms with E-state index in [2.05, 4.69) is 72.6 Å². The quantitative estimate of drug-likeness (QED) is 0.589. The van der Waals surface area contributed by atoms with Crippen LogP contribution in [-0.4, -0.2) is 57.2 Å². The molecule has 0 atom stereocenters. The zero-order chi connectivity index (χ0) is 18.1. The molecule has 0 radical (unpaired) electrons. The predicted octanol–water partition coefficient (Wildman–Crippen LogP) is 2.68. The number of hydrogen-bond acceptors (Lipinski definition) is 3. The molecule has 0 saturated carbocycles. The first-order chi connectivity index (χ1) is 12.1. The van der Waals surface area contributed by atoms with Crippen molar-refractivity contribution in [3.8, 4) is 0 Å². The molecule has 0 unspecified atom stereocenters. The second-order valence-corrected chi connectivity index (χ2v) is 7.02. The molecule has 0 amide bonds. The van der Waals surface area contributed by atoms with E-state index in [0.29, 0.717) is 12.6 Å². The molecular weight excluding hydrogens is 310 g/mol. The van der Waals surface area contributed by atoms with E-state index in [1.165, 1.54) is 50.1 Å². The Bertz CT molecular complexity index is 533. The fraction of sp³-hybridized carbons (Fsp3) is 0.650. The normalized spacial score (nSPS) is 16.7. The summed E-state index contributed by atoms with van der Waals surface area (Å²) in [5.74, 6) is 0.937. The van der Waals surface area contributed by atoms with E-state index in [4.69, 9.17) is 4.99 Å². The zero-order valence-electron chi connectivity index (χ0n) is 16.4. The van der Waals surface area contributed by atoms with Gasteiger partial charge < -0.3 is 20.4 Å². The van der Waals surface area contributed by atoms with Gasteiger partial charge in [-0.1, -0.05) is 19.1 Å². The molecule has 1 aliphatic rings. The topological polar surface area (TPSA) is 42.9 Å². The van der Waals surface area contributed by atoms with Crippen LogP contribution in [0.3, 0.4) is 0 Å². The number of nitrogens with one attached hydrogen (secondary N) is 2. The average molecular weight is 346 g/mol. The van der Waals surface area contributed by atoms with E-state index >= 15 is 0 Å². The molecule has 1 heterocycles. The highest BCUT2D eigenvalue weighted by molar-refractivity contribution is 5.80. The lowest BCUT2D eigenvalue weighted by molar-refractivity contribution is 0.206. The molecule has 0 aromatic heterocycles. The van der Waals surface area contributed by atoms with Crippen molar-refractivity contribution in [2.45, 2.75) is 45.7 Å². The van der Waals surface area contributed by atoms with Crippen molar-refractivity contribution in [1.29, 1.82) is 0 Å². The highest BCUT2D eigenvalue weighted by Crippen LogP contribution is 2.14. The number of likely N-dealkylation sites (tertiary alicyclic amines) is 1. The third-order valence-corrected chi connectivity index (χ3v) is 4.66. The van der Waals surface area contributed by atoms with Gasteiger partial charge in [-0.3, -0.25) is 0 Å². The van der Waals surface area contributed by atoms with E-state index in [1.54, 1.807) is 0 Å². The number of nitrogens with zero attached hydrogens (tertiary/aromatic N) is 3. The number of piperidine rings is 1. The number of guanidine groups is 1. The molecule has 1 aliphatic heterocycles. The summed E-state index contributed by atoms with van der Waals surface area (Å²) in [7, 11) is 4.14. The van der Waals surface area contributed by atoms with Crippen LogP contribution < -0.4 is 15.5 Å². The standard InChI is InChI=1S/C20H35N5/c1-5-12-25-13-10-18(11-14-25)23-20(21-6-2)22-16-17-8-7-9-19(15-17)24(3)4/h7-9,15,18H,5-6,10-14,16H2,1-4H3,(H2,21,22,23).